The minimum absolute atomic E-state index is 0.833. The highest BCUT2D eigenvalue weighted by Gasteiger charge is 2.15. The Hall–Kier alpha value is -0.460. The van der Waals surface area contributed by atoms with Crippen LogP contribution in [0.4, 0.5) is 0 Å². The van der Waals surface area contributed by atoms with Gasteiger partial charge in [0.2, 0.25) is 6.41 Å². The lowest BCUT2D eigenvalue weighted by atomic mass is 10.3. The number of carbonyl (C=O) groups is 1. The van der Waals surface area contributed by atoms with Gasteiger partial charge in [0.15, 0.2) is 0 Å². The zero-order valence-corrected chi connectivity index (χ0v) is 11.3. The summed E-state index contributed by atoms with van der Waals surface area (Å²) < 4.78 is 5.23. The van der Waals surface area contributed by atoms with Crippen LogP contribution in [0.15, 0.2) is 10.7 Å². The van der Waals surface area contributed by atoms with E-state index >= 15 is 0 Å². The minimum atomic E-state index is 0.833. The molecule has 0 atom stereocenters. The van der Waals surface area contributed by atoms with Crippen molar-refractivity contribution in [2.75, 3.05) is 26.2 Å². The highest BCUT2D eigenvalue weighted by molar-refractivity contribution is 9.10. The van der Waals surface area contributed by atoms with Crippen LogP contribution in [0.3, 0.4) is 0 Å². The van der Waals surface area contributed by atoms with Gasteiger partial charge in [0.1, 0.15) is 0 Å². The molecule has 16 heavy (non-hydrogen) atoms. The molecule has 0 spiro atoms. The van der Waals surface area contributed by atoms with Crippen molar-refractivity contribution in [1.29, 1.82) is 0 Å². The van der Waals surface area contributed by atoms with Gasteiger partial charge in [-0.15, -0.1) is 0 Å². The van der Waals surface area contributed by atoms with Crippen molar-refractivity contribution < 1.29 is 4.79 Å². The number of carbonyl (C=O) groups excluding carboxylic acids is 1. The van der Waals surface area contributed by atoms with Gasteiger partial charge in [0.05, 0.1) is 15.5 Å². The molecule has 1 amide bonds. The van der Waals surface area contributed by atoms with E-state index in [9.17, 15) is 4.79 Å². The minimum Gasteiger partial charge on any atom is -0.344 e. The summed E-state index contributed by atoms with van der Waals surface area (Å²) in [4.78, 5) is 16.2. The van der Waals surface area contributed by atoms with E-state index in [1.54, 1.807) is 0 Å². The Labute approximate surface area is 108 Å². The third-order valence-corrected chi connectivity index (χ3v) is 4.46. The molecule has 88 valence electrons. The molecule has 0 N–H and O–H groups in total. The number of hydrogen-bond donors (Lipinski definition) is 0. The molecular weight excluding hydrogens is 290 g/mol. The Morgan fingerprint density at radius 2 is 2.31 bits per heavy atom. The summed E-state index contributed by atoms with van der Waals surface area (Å²) in [5.41, 5.74) is 0. The number of halogens is 1. The van der Waals surface area contributed by atoms with Crippen LogP contribution in [0.2, 0.25) is 0 Å². The van der Waals surface area contributed by atoms with E-state index in [1.165, 1.54) is 16.4 Å². The van der Waals surface area contributed by atoms with E-state index < -0.39 is 0 Å². The molecule has 0 aliphatic carbocycles. The summed E-state index contributed by atoms with van der Waals surface area (Å²) in [7, 11) is 0. The van der Waals surface area contributed by atoms with Gasteiger partial charge in [-0.2, -0.15) is 4.37 Å². The van der Waals surface area contributed by atoms with E-state index in [0.29, 0.717) is 0 Å². The zero-order valence-electron chi connectivity index (χ0n) is 8.93. The molecule has 1 saturated heterocycles. The second kappa shape index (κ2) is 5.75. The molecule has 4 nitrogen and oxygen atoms in total. The first kappa shape index (κ1) is 12.0. The molecule has 0 radical (unpaired) electrons. The number of aromatic nitrogens is 1. The van der Waals surface area contributed by atoms with Crippen LogP contribution in [-0.2, 0) is 11.3 Å². The Morgan fingerprint density at radius 1 is 1.44 bits per heavy atom. The maximum atomic E-state index is 10.7. The quantitative estimate of drug-likeness (QED) is 0.795. The third kappa shape index (κ3) is 3.02. The first-order valence-electron chi connectivity index (χ1n) is 5.30. The van der Waals surface area contributed by atoms with Crippen molar-refractivity contribution in [3.8, 4) is 0 Å². The van der Waals surface area contributed by atoms with Gasteiger partial charge in [0, 0.05) is 32.7 Å². The molecule has 1 aromatic rings. The fraction of sp³-hybridized carbons (Fsp3) is 0.600. The summed E-state index contributed by atoms with van der Waals surface area (Å²) in [5.74, 6) is 0. The summed E-state index contributed by atoms with van der Waals surface area (Å²) in [5, 5.41) is 0. The lowest BCUT2D eigenvalue weighted by molar-refractivity contribution is -0.118. The van der Waals surface area contributed by atoms with Crippen LogP contribution in [-0.4, -0.2) is 46.8 Å². The summed E-state index contributed by atoms with van der Waals surface area (Å²) in [6, 6.07) is 0. The Morgan fingerprint density at radius 3 is 3.00 bits per heavy atom. The molecule has 1 fully saturated rings. The molecule has 1 aromatic heterocycles. The largest absolute Gasteiger partial charge is 0.344 e. The van der Waals surface area contributed by atoms with Crippen LogP contribution in [0.1, 0.15) is 11.3 Å². The lowest BCUT2D eigenvalue weighted by Gasteiger charge is -2.19. The van der Waals surface area contributed by atoms with E-state index in [-0.39, 0.29) is 0 Å². The molecule has 1 aliphatic rings. The maximum absolute atomic E-state index is 10.7. The molecule has 6 heteroatoms. The van der Waals surface area contributed by atoms with Crippen molar-refractivity contribution in [2.24, 2.45) is 0 Å². The Balaban J connectivity index is 1.91. The fourth-order valence-corrected chi connectivity index (χ4v) is 3.06. The van der Waals surface area contributed by atoms with E-state index in [2.05, 4.69) is 25.2 Å². The van der Waals surface area contributed by atoms with E-state index in [4.69, 9.17) is 0 Å². The van der Waals surface area contributed by atoms with Crippen LogP contribution in [0, 0.1) is 0 Å². The lowest BCUT2D eigenvalue weighted by Crippen LogP contribution is -2.29. The van der Waals surface area contributed by atoms with Gasteiger partial charge in [-0.3, -0.25) is 9.69 Å². The van der Waals surface area contributed by atoms with Crippen molar-refractivity contribution in [3.05, 3.63) is 15.5 Å². The molecule has 0 bridgehead atoms. The molecule has 2 rings (SSSR count). The van der Waals surface area contributed by atoms with Crippen molar-refractivity contribution >= 4 is 33.9 Å². The smallest absolute Gasteiger partial charge is 0.209 e. The predicted molar refractivity (Wildman–Crippen MR) is 67.3 cm³/mol. The molecule has 2 heterocycles. The number of nitrogens with zero attached hydrogens (tertiary/aromatic N) is 3. The molecule has 0 saturated carbocycles. The SMILES string of the molecule is O=CN1CCCN(Cc2sncc2Br)CC1. The first-order valence-corrected chi connectivity index (χ1v) is 6.87. The normalized spacial score (nSPS) is 18.4. The second-order valence-electron chi connectivity index (χ2n) is 3.87. The van der Waals surface area contributed by atoms with Gasteiger partial charge in [0.25, 0.3) is 0 Å². The summed E-state index contributed by atoms with van der Waals surface area (Å²) >= 11 is 5.03. The van der Waals surface area contributed by atoms with Crippen molar-refractivity contribution in [3.63, 3.8) is 0 Å². The van der Waals surface area contributed by atoms with Crippen LogP contribution >= 0.6 is 27.5 Å². The van der Waals surface area contributed by atoms with Crippen LogP contribution < -0.4 is 0 Å². The standard InChI is InChI=1S/C10H14BrN3OS/c11-9-6-12-16-10(9)7-13-2-1-3-14(8-15)5-4-13/h6,8H,1-5,7H2. The topological polar surface area (TPSA) is 36.4 Å². The molecule has 0 aromatic carbocycles. The highest BCUT2D eigenvalue weighted by Crippen LogP contribution is 2.22. The maximum Gasteiger partial charge on any atom is 0.209 e. The number of hydrogen-bond acceptors (Lipinski definition) is 4. The first-order chi connectivity index (χ1) is 7.79. The van der Waals surface area contributed by atoms with E-state index in [1.807, 2.05) is 11.1 Å². The highest BCUT2D eigenvalue weighted by atomic mass is 79.9. The van der Waals surface area contributed by atoms with Crippen LogP contribution in [0.5, 0.6) is 0 Å². The average Bonchev–Trinajstić information content (AvgIpc) is 2.56. The molecular formula is C10H14BrN3OS. The third-order valence-electron chi connectivity index (χ3n) is 2.73. The zero-order chi connectivity index (χ0) is 11.4. The van der Waals surface area contributed by atoms with Gasteiger partial charge in [-0.05, 0) is 33.9 Å². The monoisotopic (exact) mass is 303 g/mol. The molecule has 1 aliphatic heterocycles. The van der Waals surface area contributed by atoms with E-state index in [0.717, 1.165) is 50.0 Å². The van der Waals surface area contributed by atoms with Crippen molar-refractivity contribution in [1.82, 2.24) is 14.2 Å². The van der Waals surface area contributed by atoms with Gasteiger partial charge in [-0.25, -0.2) is 0 Å². The fourth-order valence-electron chi connectivity index (χ4n) is 1.81. The molecule has 0 unspecified atom stereocenters. The Kier molecular flexibility index (Phi) is 4.31. The van der Waals surface area contributed by atoms with Crippen molar-refractivity contribution in [2.45, 2.75) is 13.0 Å². The van der Waals surface area contributed by atoms with Gasteiger partial charge in [-0.1, -0.05) is 0 Å². The second-order valence-corrected chi connectivity index (χ2v) is 5.61. The van der Waals surface area contributed by atoms with Crippen LogP contribution in [0.25, 0.3) is 0 Å². The predicted octanol–water partition coefficient (Wildman–Crippen LogP) is 1.57. The average molecular weight is 304 g/mol. The number of amides is 1. The summed E-state index contributed by atoms with van der Waals surface area (Å²) in [6.45, 7) is 4.64. The number of rotatable bonds is 3. The van der Waals surface area contributed by atoms with Gasteiger partial charge >= 0.3 is 0 Å². The Bertz CT molecular complexity index is 358. The summed E-state index contributed by atoms with van der Waals surface area (Å²) in [6.07, 6.45) is 3.84. The van der Waals surface area contributed by atoms with Gasteiger partial charge < -0.3 is 4.90 Å².